The Labute approximate surface area is 170 Å². The van der Waals surface area contributed by atoms with Gasteiger partial charge in [-0.15, -0.1) is 0 Å². The molecular weight excluding hydrogens is 418 g/mol. The van der Waals surface area contributed by atoms with Gasteiger partial charge < -0.3 is 10.1 Å². The number of carbonyl (C=O) groups excluding carboxylic acids is 1. The van der Waals surface area contributed by atoms with Crippen molar-refractivity contribution in [2.45, 2.75) is 6.92 Å². The van der Waals surface area contributed by atoms with Gasteiger partial charge in [0.1, 0.15) is 5.52 Å². The van der Waals surface area contributed by atoms with Gasteiger partial charge in [0.15, 0.2) is 12.4 Å². The Bertz CT molecular complexity index is 1010. The van der Waals surface area contributed by atoms with E-state index in [9.17, 15) is 4.79 Å². The van der Waals surface area contributed by atoms with Crippen molar-refractivity contribution in [1.29, 1.82) is 0 Å². The van der Waals surface area contributed by atoms with Crippen molar-refractivity contribution in [3.05, 3.63) is 62.2 Å². The third kappa shape index (κ3) is 4.15. The number of hydrogen-bond acceptors (Lipinski definition) is 3. The maximum absolute atomic E-state index is 12.2. The predicted octanol–water partition coefficient (Wildman–Crippen LogP) is 6.17. The van der Waals surface area contributed by atoms with E-state index in [1.807, 2.05) is 19.1 Å². The highest BCUT2D eigenvalue weighted by Crippen LogP contribution is 2.37. The van der Waals surface area contributed by atoms with Crippen LogP contribution in [-0.4, -0.2) is 17.5 Å². The largest absolute Gasteiger partial charge is 0.480 e. The second kappa shape index (κ2) is 7.89. The number of fused-ring (bicyclic) bond motifs is 1. The zero-order chi connectivity index (χ0) is 18.8. The molecule has 0 spiro atoms. The summed E-state index contributed by atoms with van der Waals surface area (Å²) in [6, 6.07) is 10.00. The third-order valence-corrected chi connectivity index (χ3v) is 4.69. The lowest BCUT2D eigenvalue weighted by atomic mass is 10.2. The molecule has 26 heavy (non-hydrogen) atoms. The Morgan fingerprint density at radius 2 is 1.81 bits per heavy atom. The van der Waals surface area contributed by atoms with E-state index in [2.05, 4.69) is 10.3 Å². The fraction of sp³-hybridized carbons (Fsp3) is 0.111. The summed E-state index contributed by atoms with van der Waals surface area (Å²) in [7, 11) is 0. The number of nitrogens with zero attached hydrogens (tertiary/aromatic N) is 1. The molecule has 1 amide bonds. The van der Waals surface area contributed by atoms with E-state index in [0.717, 1.165) is 5.69 Å². The number of hydrogen-bond donors (Lipinski definition) is 1. The molecule has 4 nitrogen and oxygen atoms in total. The van der Waals surface area contributed by atoms with Gasteiger partial charge in [0.05, 0.1) is 20.8 Å². The average Bonchev–Trinajstić information content (AvgIpc) is 2.57. The van der Waals surface area contributed by atoms with E-state index in [1.165, 1.54) is 0 Å². The van der Waals surface area contributed by atoms with Crippen molar-refractivity contribution in [2.75, 3.05) is 11.9 Å². The van der Waals surface area contributed by atoms with Crippen LogP contribution in [-0.2, 0) is 4.79 Å². The topological polar surface area (TPSA) is 51.2 Å². The fourth-order valence-electron chi connectivity index (χ4n) is 2.34. The first-order valence-electron chi connectivity index (χ1n) is 7.48. The third-order valence-electron chi connectivity index (χ3n) is 3.53. The Balaban J connectivity index is 1.82. The number of pyridine rings is 1. The molecule has 0 aliphatic heterocycles. The van der Waals surface area contributed by atoms with Crippen LogP contribution in [0.1, 0.15) is 5.69 Å². The minimum Gasteiger partial charge on any atom is -0.480 e. The van der Waals surface area contributed by atoms with E-state index >= 15 is 0 Å². The van der Waals surface area contributed by atoms with Gasteiger partial charge in [0.25, 0.3) is 5.91 Å². The summed E-state index contributed by atoms with van der Waals surface area (Å²) in [5.41, 5.74) is 1.67. The second-order valence-corrected chi connectivity index (χ2v) is 7.14. The first-order chi connectivity index (χ1) is 12.3. The van der Waals surface area contributed by atoms with Crippen molar-refractivity contribution in [3.8, 4) is 5.75 Å². The van der Waals surface area contributed by atoms with Crippen molar-refractivity contribution in [1.82, 2.24) is 4.98 Å². The molecule has 0 aliphatic rings. The SMILES string of the molecule is Cc1ccc2c(Cl)cc(Cl)c(OCC(=O)Nc3cc(Cl)ccc3Cl)c2n1. The molecule has 0 bridgehead atoms. The van der Waals surface area contributed by atoms with Crippen LogP contribution in [0.15, 0.2) is 36.4 Å². The van der Waals surface area contributed by atoms with Crippen LogP contribution in [0.4, 0.5) is 5.69 Å². The van der Waals surface area contributed by atoms with Gasteiger partial charge in [0.2, 0.25) is 0 Å². The molecule has 0 aliphatic carbocycles. The lowest BCUT2D eigenvalue weighted by Crippen LogP contribution is -2.20. The number of nitrogens with one attached hydrogen (secondary N) is 1. The minimum absolute atomic E-state index is 0.272. The normalized spacial score (nSPS) is 10.8. The zero-order valence-corrected chi connectivity index (χ0v) is 16.5. The standard InChI is InChI=1S/C18H12Cl4N2O2/c1-9-2-4-11-13(21)7-14(22)18(17(11)23-9)26-8-16(25)24-15-6-10(19)3-5-12(15)20/h2-7H,8H2,1H3,(H,24,25). The summed E-state index contributed by atoms with van der Waals surface area (Å²) in [5.74, 6) is -0.122. The number of benzene rings is 2. The lowest BCUT2D eigenvalue weighted by molar-refractivity contribution is -0.118. The summed E-state index contributed by atoms with van der Waals surface area (Å²) in [6.45, 7) is 1.56. The van der Waals surface area contributed by atoms with Crippen LogP contribution in [0.25, 0.3) is 10.9 Å². The van der Waals surface area contributed by atoms with Crippen LogP contribution >= 0.6 is 46.4 Å². The van der Waals surface area contributed by atoms with Gasteiger partial charge in [-0.05, 0) is 43.3 Å². The quantitative estimate of drug-likeness (QED) is 0.539. The molecule has 1 aromatic heterocycles. The van der Waals surface area contributed by atoms with Gasteiger partial charge in [-0.25, -0.2) is 4.98 Å². The van der Waals surface area contributed by atoms with Crippen molar-refractivity contribution in [2.24, 2.45) is 0 Å². The fourth-order valence-corrected chi connectivity index (χ4v) is 3.25. The van der Waals surface area contributed by atoms with E-state index < -0.39 is 5.91 Å². The number of amides is 1. The summed E-state index contributed by atoms with van der Waals surface area (Å²) in [5, 5.41) is 4.89. The Hall–Kier alpha value is -1.72. The molecule has 0 unspecified atom stereocenters. The Morgan fingerprint density at radius 1 is 1.04 bits per heavy atom. The van der Waals surface area contributed by atoms with Crippen molar-refractivity contribution < 1.29 is 9.53 Å². The summed E-state index contributed by atoms with van der Waals surface area (Å²) >= 11 is 24.4. The van der Waals surface area contributed by atoms with Crippen LogP contribution in [0, 0.1) is 6.92 Å². The molecule has 0 atom stereocenters. The lowest BCUT2D eigenvalue weighted by Gasteiger charge is -2.13. The maximum Gasteiger partial charge on any atom is 0.262 e. The summed E-state index contributed by atoms with van der Waals surface area (Å²) in [6.07, 6.45) is 0. The molecule has 0 radical (unpaired) electrons. The summed E-state index contributed by atoms with van der Waals surface area (Å²) in [4.78, 5) is 16.6. The van der Waals surface area contributed by atoms with Gasteiger partial charge in [0, 0.05) is 16.1 Å². The van der Waals surface area contributed by atoms with E-state index in [-0.39, 0.29) is 11.6 Å². The molecule has 0 saturated heterocycles. The number of carbonyl (C=O) groups is 1. The molecule has 8 heteroatoms. The monoisotopic (exact) mass is 428 g/mol. The van der Waals surface area contributed by atoms with Crippen LogP contribution in [0.2, 0.25) is 20.1 Å². The molecule has 3 aromatic rings. The van der Waals surface area contributed by atoms with Crippen LogP contribution < -0.4 is 10.1 Å². The van der Waals surface area contributed by atoms with Gasteiger partial charge in [-0.1, -0.05) is 46.4 Å². The first kappa shape index (κ1) is 19.1. The summed E-state index contributed by atoms with van der Waals surface area (Å²) < 4.78 is 5.62. The van der Waals surface area contributed by atoms with Gasteiger partial charge in [-0.3, -0.25) is 4.79 Å². The Kier molecular flexibility index (Phi) is 5.78. The van der Waals surface area contributed by atoms with Crippen molar-refractivity contribution >= 4 is 68.9 Å². The smallest absolute Gasteiger partial charge is 0.262 e. The number of rotatable bonds is 4. The molecule has 1 N–H and O–H groups in total. The molecule has 1 heterocycles. The minimum atomic E-state index is -0.416. The highest BCUT2D eigenvalue weighted by Gasteiger charge is 2.15. The maximum atomic E-state index is 12.2. The van der Waals surface area contributed by atoms with E-state index in [0.29, 0.717) is 37.4 Å². The van der Waals surface area contributed by atoms with E-state index in [4.69, 9.17) is 51.1 Å². The molecule has 134 valence electrons. The second-order valence-electron chi connectivity index (χ2n) is 5.48. The number of aryl methyl sites for hydroxylation is 1. The zero-order valence-electron chi connectivity index (χ0n) is 13.4. The number of aromatic nitrogens is 1. The number of ether oxygens (including phenoxy) is 1. The van der Waals surface area contributed by atoms with E-state index in [1.54, 1.807) is 24.3 Å². The average molecular weight is 430 g/mol. The van der Waals surface area contributed by atoms with Gasteiger partial charge in [-0.2, -0.15) is 0 Å². The van der Waals surface area contributed by atoms with Crippen LogP contribution in [0.5, 0.6) is 5.75 Å². The molecule has 0 saturated carbocycles. The molecular formula is C18H12Cl4N2O2. The van der Waals surface area contributed by atoms with Crippen molar-refractivity contribution in [3.63, 3.8) is 0 Å². The first-order valence-corrected chi connectivity index (χ1v) is 8.99. The van der Waals surface area contributed by atoms with Gasteiger partial charge >= 0.3 is 0 Å². The predicted molar refractivity (Wildman–Crippen MR) is 107 cm³/mol. The Morgan fingerprint density at radius 3 is 2.58 bits per heavy atom. The molecule has 2 aromatic carbocycles. The highest BCUT2D eigenvalue weighted by atomic mass is 35.5. The molecule has 3 rings (SSSR count). The molecule has 0 fully saturated rings. The number of anilines is 1. The van der Waals surface area contributed by atoms with Crippen LogP contribution in [0.3, 0.4) is 0 Å². The highest BCUT2D eigenvalue weighted by molar-refractivity contribution is 6.39. The number of halogens is 4.